The number of allylic oxidation sites excluding steroid dienone is 1. The number of aliphatic carboxylic acids is 1. The van der Waals surface area contributed by atoms with E-state index < -0.39 is 18.0 Å². The molecule has 1 aromatic rings. The number of carbonyl (C=O) groups excluding carboxylic acids is 1. The summed E-state index contributed by atoms with van der Waals surface area (Å²) in [6.07, 6.45) is -0.0774. The molecule has 1 aromatic carbocycles. The summed E-state index contributed by atoms with van der Waals surface area (Å²) in [4.78, 5) is 24.8. The van der Waals surface area contributed by atoms with Crippen LogP contribution in [-0.4, -0.2) is 61.0 Å². The number of carboxylic acids is 1. The molecule has 1 unspecified atom stereocenters. The Morgan fingerprint density at radius 2 is 1.89 bits per heavy atom. The van der Waals surface area contributed by atoms with Gasteiger partial charge in [0.05, 0.1) is 38.4 Å². The van der Waals surface area contributed by atoms with Crippen LogP contribution in [0.5, 0.6) is 5.75 Å². The van der Waals surface area contributed by atoms with Crippen LogP contribution in [0.4, 0.5) is 0 Å². The van der Waals surface area contributed by atoms with Crippen LogP contribution in [0, 0.1) is 0 Å². The van der Waals surface area contributed by atoms with Gasteiger partial charge in [-0.05, 0) is 36.8 Å². The van der Waals surface area contributed by atoms with E-state index in [0.29, 0.717) is 35.3 Å². The summed E-state index contributed by atoms with van der Waals surface area (Å²) in [7, 11) is 2.94. The van der Waals surface area contributed by atoms with Crippen LogP contribution in [0.3, 0.4) is 0 Å². The first-order valence-corrected chi connectivity index (χ1v) is 9.10. The summed E-state index contributed by atoms with van der Waals surface area (Å²) < 4.78 is 15.5. The van der Waals surface area contributed by atoms with Crippen LogP contribution >= 0.6 is 12.2 Å². The molecule has 0 spiro atoms. The van der Waals surface area contributed by atoms with Crippen molar-refractivity contribution >= 4 is 29.3 Å². The molecule has 0 aliphatic carbocycles. The topological polar surface area (TPSA) is 97.3 Å². The van der Waals surface area contributed by atoms with Gasteiger partial charge < -0.3 is 29.5 Å². The number of carboxylic acid groups (broad SMARTS) is 1. The van der Waals surface area contributed by atoms with E-state index in [1.807, 2.05) is 11.8 Å². The Morgan fingerprint density at radius 3 is 2.46 bits per heavy atom. The summed E-state index contributed by atoms with van der Waals surface area (Å²) in [5.74, 6) is -0.815. The van der Waals surface area contributed by atoms with Crippen molar-refractivity contribution in [2.45, 2.75) is 19.4 Å². The van der Waals surface area contributed by atoms with Gasteiger partial charge in [-0.25, -0.2) is 4.79 Å². The highest BCUT2D eigenvalue weighted by Crippen LogP contribution is 2.32. The molecule has 0 saturated heterocycles. The number of hydrogen-bond donors (Lipinski definition) is 2. The largest absolute Gasteiger partial charge is 0.493 e. The van der Waals surface area contributed by atoms with Crippen molar-refractivity contribution in [1.29, 1.82) is 0 Å². The number of benzene rings is 1. The lowest BCUT2D eigenvalue weighted by atomic mass is 9.95. The summed E-state index contributed by atoms with van der Waals surface area (Å²) >= 11 is 5.47. The van der Waals surface area contributed by atoms with Crippen molar-refractivity contribution in [2.24, 2.45) is 0 Å². The van der Waals surface area contributed by atoms with Crippen LogP contribution < -0.4 is 10.1 Å². The van der Waals surface area contributed by atoms with Gasteiger partial charge in [-0.3, -0.25) is 4.79 Å². The van der Waals surface area contributed by atoms with Gasteiger partial charge in [0.1, 0.15) is 5.75 Å². The van der Waals surface area contributed by atoms with Gasteiger partial charge >= 0.3 is 11.9 Å². The quantitative estimate of drug-likeness (QED) is 0.469. The molecule has 152 valence electrons. The molecule has 1 aliphatic heterocycles. The maximum Gasteiger partial charge on any atom is 0.337 e. The third kappa shape index (κ3) is 5.20. The zero-order chi connectivity index (χ0) is 20.7. The second-order valence-electron chi connectivity index (χ2n) is 6.08. The SMILES string of the molecule is COCCN1C(=S)NC(c2ccc(OCCC(=O)O)cc2)C(C(=O)OC)=C1C. The lowest BCUT2D eigenvalue weighted by Crippen LogP contribution is -2.48. The summed E-state index contributed by atoms with van der Waals surface area (Å²) in [6.45, 7) is 2.88. The predicted octanol–water partition coefficient (Wildman–Crippen LogP) is 1.86. The second kappa shape index (κ2) is 10.0. The Bertz CT molecular complexity index is 762. The molecule has 0 bridgehead atoms. The highest BCUT2D eigenvalue weighted by atomic mass is 32.1. The van der Waals surface area contributed by atoms with Gasteiger partial charge in [-0.2, -0.15) is 0 Å². The second-order valence-corrected chi connectivity index (χ2v) is 6.47. The zero-order valence-corrected chi connectivity index (χ0v) is 16.9. The average Bonchev–Trinajstić information content (AvgIpc) is 2.67. The van der Waals surface area contributed by atoms with E-state index in [2.05, 4.69) is 5.32 Å². The molecule has 9 heteroatoms. The molecule has 2 N–H and O–H groups in total. The summed E-state index contributed by atoms with van der Waals surface area (Å²) in [5.41, 5.74) is 1.98. The maximum absolute atomic E-state index is 12.5. The molecule has 28 heavy (non-hydrogen) atoms. The minimum absolute atomic E-state index is 0.0774. The minimum Gasteiger partial charge on any atom is -0.493 e. The number of methoxy groups -OCH3 is 2. The number of nitrogens with one attached hydrogen (secondary N) is 1. The number of thiocarbonyl (C=S) groups is 1. The molecule has 0 radical (unpaired) electrons. The molecule has 0 amide bonds. The molecular formula is C19H24N2O6S. The molecule has 8 nitrogen and oxygen atoms in total. The Morgan fingerprint density at radius 1 is 1.21 bits per heavy atom. The zero-order valence-electron chi connectivity index (χ0n) is 16.1. The lowest BCUT2D eigenvalue weighted by Gasteiger charge is -2.37. The van der Waals surface area contributed by atoms with Crippen LogP contribution in [0.25, 0.3) is 0 Å². The van der Waals surface area contributed by atoms with Crippen LogP contribution in [0.15, 0.2) is 35.5 Å². The molecule has 1 atom stereocenters. The minimum atomic E-state index is -0.919. The third-order valence-electron chi connectivity index (χ3n) is 4.32. The van der Waals surface area contributed by atoms with Crippen LogP contribution in [0.2, 0.25) is 0 Å². The number of ether oxygens (including phenoxy) is 3. The maximum atomic E-state index is 12.5. The first kappa shape index (κ1) is 21.6. The fourth-order valence-corrected chi connectivity index (χ4v) is 3.22. The summed E-state index contributed by atoms with van der Waals surface area (Å²) in [6, 6.07) is 6.59. The van der Waals surface area contributed by atoms with E-state index in [4.69, 9.17) is 31.5 Å². The average molecular weight is 408 g/mol. The third-order valence-corrected chi connectivity index (χ3v) is 4.66. The van der Waals surface area contributed by atoms with Crippen molar-refractivity contribution in [1.82, 2.24) is 10.2 Å². The highest BCUT2D eigenvalue weighted by Gasteiger charge is 2.34. The Labute approximate surface area is 169 Å². The lowest BCUT2D eigenvalue weighted by molar-refractivity contribution is -0.138. The molecule has 0 fully saturated rings. The Kier molecular flexibility index (Phi) is 7.77. The normalized spacial score (nSPS) is 16.6. The molecular weight excluding hydrogens is 384 g/mol. The molecule has 0 aromatic heterocycles. The smallest absolute Gasteiger partial charge is 0.337 e. The van der Waals surface area contributed by atoms with Crippen molar-refractivity contribution in [3.8, 4) is 5.75 Å². The van der Waals surface area contributed by atoms with E-state index in [0.717, 1.165) is 5.56 Å². The van der Waals surface area contributed by atoms with Gasteiger partial charge in [0.25, 0.3) is 0 Å². The van der Waals surface area contributed by atoms with Gasteiger partial charge in [0.15, 0.2) is 5.11 Å². The fourth-order valence-electron chi connectivity index (χ4n) is 2.87. The molecule has 2 rings (SSSR count). The van der Waals surface area contributed by atoms with Crippen molar-refractivity contribution in [2.75, 3.05) is 34.0 Å². The van der Waals surface area contributed by atoms with Crippen LogP contribution in [-0.2, 0) is 19.1 Å². The highest BCUT2D eigenvalue weighted by molar-refractivity contribution is 7.80. The van der Waals surface area contributed by atoms with Gasteiger partial charge in [0.2, 0.25) is 0 Å². The van der Waals surface area contributed by atoms with Gasteiger partial charge in [-0.15, -0.1) is 0 Å². The van der Waals surface area contributed by atoms with E-state index in [-0.39, 0.29) is 13.0 Å². The van der Waals surface area contributed by atoms with E-state index >= 15 is 0 Å². The van der Waals surface area contributed by atoms with Crippen molar-refractivity contribution < 1.29 is 28.9 Å². The monoisotopic (exact) mass is 408 g/mol. The van der Waals surface area contributed by atoms with Crippen LogP contribution in [0.1, 0.15) is 24.9 Å². The molecule has 0 saturated carbocycles. The summed E-state index contributed by atoms with van der Waals surface area (Å²) in [5, 5.41) is 12.4. The van der Waals surface area contributed by atoms with Crippen molar-refractivity contribution in [3.05, 3.63) is 41.1 Å². The molecule has 1 aliphatic rings. The van der Waals surface area contributed by atoms with E-state index in [1.165, 1.54) is 7.11 Å². The number of nitrogens with zero attached hydrogens (tertiary/aromatic N) is 1. The standard InChI is InChI=1S/C19H24N2O6S/c1-12-16(18(24)26-3)17(20-19(28)21(12)9-11-25-2)13-4-6-14(7-5-13)27-10-8-15(22)23/h4-7,17H,8-11H2,1-3H3,(H,20,28)(H,22,23). The predicted molar refractivity (Wildman–Crippen MR) is 106 cm³/mol. The van der Waals surface area contributed by atoms with Crippen molar-refractivity contribution in [3.63, 3.8) is 0 Å². The number of rotatable bonds is 9. The van der Waals surface area contributed by atoms with E-state index in [1.54, 1.807) is 31.4 Å². The Balaban J connectivity index is 2.27. The number of hydrogen-bond acceptors (Lipinski definition) is 6. The fraction of sp³-hybridized carbons (Fsp3) is 0.421. The Hall–Kier alpha value is -2.65. The first-order valence-electron chi connectivity index (χ1n) is 8.69. The number of esters is 1. The van der Waals surface area contributed by atoms with Gasteiger partial charge in [0, 0.05) is 19.4 Å². The van der Waals surface area contributed by atoms with Gasteiger partial charge in [-0.1, -0.05) is 12.1 Å². The van der Waals surface area contributed by atoms with E-state index in [9.17, 15) is 9.59 Å². The first-order chi connectivity index (χ1) is 13.4. The number of carbonyl (C=O) groups is 2. The molecule has 1 heterocycles.